The van der Waals surface area contributed by atoms with E-state index in [9.17, 15) is 4.79 Å². The fourth-order valence-electron chi connectivity index (χ4n) is 2.15. The van der Waals surface area contributed by atoms with Gasteiger partial charge in [0.05, 0.1) is 18.3 Å². The maximum absolute atomic E-state index is 11.9. The molecule has 1 atom stereocenters. The Morgan fingerprint density at radius 1 is 1.35 bits per heavy atom. The molecule has 108 valence electrons. The fourth-order valence-corrected chi connectivity index (χ4v) is 3.17. The molecule has 1 aromatic carbocycles. The number of carbonyl (C=O) groups is 1. The van der Waals surface area contributed by atoms with Gasteiger partial charge >= 0.3 is 0 Å². The minimum absolute atomic E-state index is 0.126. The largest absolute Gasteiger partial charge is 0.356 e. The van der Waals surface area contributed by atoms with Crippen molar-refractivity contribution in [2.75, 3.05) is 26.2 Å². The van der Waals surface area contributed by atoms with Gasteiger partial charge in [-0.3, -0.25) is 9.79 Å². The van der Waals surface area contributed by atoms with Crippen molar-refractivity contribution >= 4 is 22.8 Å². The molecular formula is C15H21N3OS. The number of nitrogens with one attached hydrogen (secondary N) is 1. The lowest BCUT2D eigenvalue weighted by Gasteiger charge is -2.19. The number of hydrogen-bond donors (Lipinski definition) is 1. The van der Waals surface area contributed by atoms with Gasteiger partial charge in [0.15, 0.2) is 5.17 Å². The molecule has 1 aromatic rings. The zero-order valence-electron chi connectivity index (χ0n) is 12.0. The Morgan fingerprint density at radius 3 is 2.70 bits per heavy atom. The Morgan fingerprint density at radius 2 is 2.05 bits per heavy atom. The molecule has 1 aliphatic heterocycles. The quantitative estimate of drug-likeness (QED) is 0.905. The number of hydrogen-bond acceptors (Lipinski definition) is 4. The summed E-state index contributed by atoms with van der Waals surface area (Å²) in [4.78, 5) is 18.2. The van der Waals surface area contributed by atoms with E-state index in [1.165, 1.54) is 5.56 Å². The van der Waals surface area contributed by atoms with Crippen molar-refractivity contribution in [1.82, 2.24) is 10.2 Å². The molecule has 1 heterocycles. The Labute approximate surface area is 124 Å². The molecule has 0 aromatic heterocycles. The second kappa shape index (κ2) is 7.33. The molecule has 1 aliphatic rings. The number of benzene rings is 1. The molecule has 0 radical (unpaired) electrons. The lowest BCUT2D eigenvalue weighted by atomic mass is 10.1. The molecule has 0 saturated heterocycles. The molecule has 0 saturated carbocycles. The van der Waals surface area contributed by atoms with E-state index < -0.39 is 0 Å². The Bertz CT molecular complexity index is 471. The van der Waals surface area contributed by atoms with Gasteiger partial charge in [-0.25, -0.2) is 0 Å². The summed E-state index contributed by atoms with van der Waals surface area (Å²) < 4.78 is 0. The van der Waals surface area contributed by atoms with Crippen molar-refractivity contribution in [2.24, 2.45) is 4.99 Å². The van der Waals surface area contributed by atoms with Gasteiger partial charge in [0.1, 0.15) is 0 Å². The van der Waals surface area contributed by atoms with E-state index in [0.717, 1.165) is 24.8 Å². The zero-order valence-corrected chi connectivity index (χ0v) is 12.8. The highest BCUT2D eigenvalue weighted by atomic mass is 32.2. The van der Waals surface area contributed by atoms with E-state index in [2.05, 4.69) is 22.4 Å². The van der Waals surface area contributed by atoms with Gasteiger partial charge < -0.3 is 10.2 Å². The first-order chi connectivity index (χ1) is 9.74. The van der Waals surface area contributed by atoms with E-state index in [4.69, 9.17) is 0 Å². The fraction of sp³-hybridized carbons (Fsp3) is 0.467. The molecule has 4 nitrogen and oxygen atoms in total. The van der Waals surface area contributed by atoms with Crippen molar-refractivity contribution in [1.29, 1.82) is 0 Å². The number of likely N-dealkylation sites (N-methyl/N-ethyl adjacent to an activating group) is 1. The third kappa shape index (κ3) is 3.76. The SMILES string of the molecule is CCN(CC)C(=O)CNC1=NCC(c2ccccc2)S1. The lowest BCUT2D eigenvalue weighted by Crippen LogP contribution is -2.39. The molecule has 0 spiro atoms. The van der Waals surface area contributed by atoms with Gasteiger partial charge in [-0.15, -0.1) is 0 Å². The second-order valence-corrected chi connectivity index (χ2v) is 5.77. The Hall–Kier alpha value is -1.49. The average molecular weight is 291 g/mol. The van der Waals surface area contributed by atoms with Crippen molar-refractivity contribution in [3.8, 4) is 0 Å². The highest BCUT2D eigenvalue weighted by Gasteiger charge is 2.21. The summed E-state index contributed by atoms with van der Waals surface area (Å²) in [6.45, 7) is 6.60. The van der Waals surface area contributed by atoms with Crippen molar-refractivity contribution in [3.05, 3.63) is 35.9 Å². The number of amides is 1. The van der Waals surface area contributed by atoms with Crippen LogP contribution in [0.15, 0.2) is 35.3 Å². The highest BCUT2D eigenvalue weighted by molar-refractivity contribution is 8.14. The molecular weight excluding hydrogens is 270 g/mol. The number of amidine groups is 1. The van der Waals surface area contributed by atoms with Gasteiger partial charge in [0, 0.05) is 13.1 Å². The third-order valence-corrected chi connectivity index (χ3v) is 4.54. The van der Waals surface area contributed by atoms with Gasteiger partial charge in [0.25, 0.3) is 0 Å². The normalized spacial score (nSPS) is 17.7. The van der Waals surface area contributed by atoms with Crippen LogP contribution >= 0.6 is 11.8 Å². The van der Waals surface area contributed by atoms with Crippen LogP contribution in [-0.4, -0.2) is 42.2 Å². The van der Waals surface area contributed by atoms with E-state index >= 15 is 0 Å². The zero-order chi connectivity index (χ0) is 14.4. The summed E-state index contributed by atoms with van der Waals surface area (Å²) in [5.41, 5.74) is 1.29. The average Bonchev–Trinajstić information content (AvgIpc) is 2.96. The van der Waals surface area contributed by atoms with Crippen LogP contribution in [-0.2, 0) is 4.79 Å². The summed E-state index contributed by atoms with van der Waals surface area (Å²) >= 11 is 1.70. The minimum Gasteiger partial charge on any atom is -0.356 e. The van der Waals surface area contributed by atoms with Gasteiger partial charge in [-0.1, -0.05) is 42.1 Å². The molecule has 1 N–H and O–H groups in total. The number of thioether (sulfide) groups is 1. The molecule has 0 bridgehead atoms. The summed E-state index contributed by atoms with van der Waals surface area (Å²) in [7, 11) is 0. The summed E-state index contributed by atoms with van der Waals surface area (Å²) in [6, 6.07) is 10.4. The summed E-state index contributed by atoms with van der Waals surface area (Å²) in [6.07, 6.45) is 0. The van der Waals surface area contributed by atoms with Gasteiger partial charge in [-0.05, 0) is 19.4 Å². The summed E-state index contributed by atoms with van der Waals surface area (Å²) in [5.74, 6) is 0.126. The predicted molar refractivity (Wildman–Crippen MR) is 85.0 cm³/mol. The number of aliphatic imine (C=N–C) groups is 1. The first-order valence-electron chi connectivity index (χ1n) is 7.02. The Kier molecular flexibility index (Phi) is 5.47. The van der Waals surface area contributed by atoms with Crippen LogP contribution in [0.4, 0.5) is 0 Å². The smallest absolute Gasteiger partial charge is 0.241 e. The second-order valence-electron chi connectivity index (χ2n) is 4.58. The van der Waals surface area contributed by atoms with Crippen LogP contribution in [0.25, 0.3) is 0 Å². The summed E-state index contributed by atoms with van der Waals surface area (Å²) in [5, 5.41) is 4.39. The first-order valence-corrected chi connectivity index (χ1v) is 7.90. The van der Waals surface area contributed by atoms with Gasteiger partial charge in [-0.2, -0.15) is 0 Å². The maximum atomic E-state index is 11.9. The predicted octanol–water partition coefficient (Wildman–Crippen LogP) is 2.29. The van der Waals surface area contributed by atoms with E-state index in [-0.39, 0.29) is 5.91 Å². The highest BCUT2D eigenvalue weighted by Crippen LogP contribution is 2.33. The van der Waals surface area contributed by atoms with Crippen LogP contribution in [0.1, 0.15) is 24.7 Å². The van der Waals surface area contributed by atoms with Crippen LogP contribution < -0.4 is 5.32 Å². The molecule has 1 amide bonds. The van der Waals surface area contributed by atoms with Crippen LogP contribution in [0.3, 0.4) is 0 Å². The van der Waals surface area contributed by atoms with Crippen molar-refractivity contribution in [3.63, 3.8) is 0 Å². The number of nitrogens with zero attached hydrogens (tertiary/aromatic N) is 2. The van der Waals surface area contributed by atoms with Gasteiger partial charge in [0.2, 0.25) is 5.91 Å². The monoisotopic (exact) mass is 291 g/mol. The molecule has 0 fully saturated rings. The first kappa shape index (κ1) is 14.9. The molecule has 0 aliphatic carbocycles. The standard InChI is InChI=1S/C15H21N3OS/c1-3-18(4-2)14(19)11-17-15-16-10-13(20-15)12-8-6-5-7-9-12/h5-9,13H,3-4,10-11H2,1-2H3,(H,16,17). The van der Waals surface area contributed by atoms with E-state index in [1.807, 2.05) is 36.9 Å². The minimum atomic E-state index is 0.126. The third-order valence-electron chi connectivity index (χ3n) is 3.33. The lowest BCUT2D eigenvalue weighted by molar-refractivity contribution is -0.129. The molecule has 1 unspecified atom stereocenters. The van der Waals surface area contributed by atoms with E-state index in [1.54, 1.807) is 11.8 Å². The van der Waals surface area contributed by atoms with Crippen molar-refractivity contribution in [2.45, 2.75) is 19.1 Å². The Balaban J connectivity index is 1.80. The topological polar surface area (TPSA) is 44.7 Å². The van der Waals surface area contributed by atoms with Crippen LogP contribution in [0.2, 0.25) is 0 Å². The van der Waals surface area contributed by atoms with E-state index in [0.29, 0.717) is 11.8 Å². The van der Waals surface area contributed by atoms with Crippen LogP contribution in [0, 0.1) is 0 Å². The number of carbonyl (C=O) groups excluding carboxylic acids is 1. The van der Waals surface area contributed by atoms with Crippen LogP contribution in [0.5, 0.6) is 0 Å². The van der Waals surface area contributed by atoms with Crippen molar-refractivity contribution < 1.29 is 4.79 Å². The molecule has 20 heavy (non-hydrogen) atoms. The number of rotatable bonds is 5. The maximum Gasteiger partial charge on any atom is 0.241 e. The molecule has 2 rings (SSSR count). The molecule has 5 heteroatoms.